The van der Waals surface area contributed by atoms with Crippen molar-refractivity contribution in [1.29, 1.82) is 0 Å². The van der Waals surface area contributed by atoms with Crippen molar-refractivity contribution in [3.8, 4) is 0 Å². The molecule has 4 nitrogen and oxygen atoms in total. The van der Waals surface area contributed by atoms with Crippen LogP contribution in [0.4, 0.5) is 5.88 Å². The Morgan fingerprint density at radius 1 is 1.05 bits per heavy atom. The van der Waals surface area contributed by atoms with Crippen molar-refractivity contribution in [2.24, 2.45) is 0 Å². The van der Waals surface area contributed by atoms with Crippen molar-refractivity contribution >= 4 is 22.6 Å². The number of anilines is 1. The van der Waals surface area contributed by atoms with Crippen LogP contribution in [-0.4, -0.2) is 11.1 Å². The predicted octanol–water partition coefficient (Wildman–Crippen LogP) is 3.96. The number of nitrogens with zero attached hydrogens (tertiary/aromatic N) is 1. The third-order valence-electron chi connectivity index (χ3n) is 4.20. The van der Waals surface area contributed by atoms with E-state index < -0.39 is 0 Å². The molecule has 22 heavy (non-hydrogen) atoms. The molecule has 1 aliphatic rings. The highest BCUT2D eigenvalue weighted by Gasteiger charge is 2.21. The topological polar surface area (TPSA) is 55.1 Å². The zero-order chi connectivity index (χ0) is 14.9. The summed E-state index contributed by atoms with van der Waals surface area (Å²) in [5.41, 5.74) is 2.67. The Bertz CT molecular complexity index is 851. The number of benzene rings is 2. The SMILES string of the molecule is O=C(Nc1onc2c1CCCC2)c1ccc2ccccc2c1. The summed E-state index contributed by atoms with van der Waals surface area (Å²) in [4.78, 5) is 12.4. The number of hydrogen-bond donors (Lipinski definition) is 1. The van der Waals surface area contributed by atoms with Gasteiger partial charge in [0.15, 0.2) is 0 Å². The van der Waals surface area contributed by atoms with Gasteiger partial charge in [0.05, 0.1) is 5.69 Å². The normalized spacial score (nSPS) is 13.8. The lowest BCUT2D eigenvalue weighted by molar-refractivity contribution is 0.102. The number of hydrogen-bond acceptors (Lipinski definition) is 3. The van der Waals surface area contributed by atoms with E-state index in [1.54, 1.807) is 0 Å². The van der Waals surface area contributed by atoms with Crippen LogP contribution >= 0.6 is 0 Å². The Hall–Kier alpha value is -2.62. The number of fused-ring (bicyclic) bond motifs is 2. The van der Waals surface area contributed by atoms with Crippen LogP contribution < -0.4 is 5.32 Å². The van der Waals surface area contributed by atoms with E-state index in [4.69, 9.17) is 4.52 Å². The number of rotatable bonds is 2. The Morgan fingerprint density at radius 3 is 2.77 bits per heavy atom. The highest BCUT2D eigenvalue weighted by molar-refractivity contribution is 6.06. The monoisotopic (exact) mass is 292 g/mol. The fourth-order valence-electron chi connectivity index (χ4n) is 2.99. The first kappa shape index (κ1) is 13.1. The van der Waals surface area contributed by atoms with E-state index in [1.165, 1.54) is 0 Å². The Labute approximate surface area is 128 Å². The standard InChI is InChI=1S/C18H16N2O2/c21-17(14-10-9-12-5-1-2-6-13(12)11-14)19-18-15-7-3-4-8-16(15)20-22-18/h1-2,5-6,9-11H,3-4,7-8H2,(H,19,21). The minimum atomic E-state index is -0.157. The van der Waals surface area contributed by atoms with E-state index in [1.807, 2.05) is 42.5 Å². The van der Waals surface area contributed by atoms with Gasteiger partial charge in [0.1, 0.15) is 0 Å². The molecule has 0 unspecified atom stereocenters. The van der Waals surface area contributed by atoms with Gasteiger partial charge in [0, 0.05) is 11.1 Å². The molecule has 4 rings (SSSR count). The average Bonchev–Trinajstić information content (AvgIpc) is 2.97. The summed E-state index contributed by atoms with van der Waals surface area (Å²) in [5.74, 6) is 0.350. The Kier molecular flexibility index (Phi) is 3.15. The Balaban J connectivity index is 1.62. The van der Waals surface area contributed by atoms with Gasteiger partial charge in [-0.25, -0.2) is 0 Å². The van der Waals surface area contributed by atoms with Crippen LogP contribution in [0.5, 0.6) is 0 Å². The summed E-state index contributed by atoms with van der Waals surface area (Å²) in [6.45, 7) is 0. The van der Waals surface area contributed by atoms with Crippen LogP contribution in [0.1, 0.15) is 34.5 Å². The molecule has 1 heterocycles. The van der Waals surface area contributed by atoms with E-state index in [0.29, 0.717) is 11.4 Å². The van der Waals surface area contributed by atoms with Crippen molar-refractivity contribution in [3.63, 3.8) is 0 Å². The van der Waals surface area contributed by atoms with Crippen LogP contribution in [0.3, 0.4) is 0 Å². The molecule has 0 saturated heterocycles. The zero-order valence-corrected chi connectivity index (χ0v) is 12.1. The maximum absolute atomic E-state index is 12.4. The minimum absolute atomic E-state index is 0.157. The Morgan fingerprint density at radius 2 is 1.86 bits per heavy atom. The van der Waals surface area contributed by atoms with Gasteiger partial charge in [-0.1, -0.05) is 35.5 Å². The smallest absolute Gasteiger partial charge is 0.258 e. The molecule has 0 spiro atoms. The summed E-state index contributed by atoms with van der Waals surface area (Å²) in [7, 11) is 0. The van der Waals surface area contributed by atoms with Crippen molar-refractivity contribution in [1.82, 2.24) is 5.16 Å². The second-order valence-electron chi connectivity index (χ2n) is 5.66. The minimum Gasteiger partial charge on any atom is -0.338 e. The van der Waals surface area contributed by atoms with Gasteiger partial charge in [-0.2, -0.15) is 0 Å². The first-order chi connectivity index (χ1) is 10.8. The molecule has 110 valence electrons. The molecule has 3 aromatic rings. The fraction of sp³-hybridized carbons (Fsp3) is 0.222. The van der Waals surface area contributed by atoms with Crippen molar-refractivity contribution in [2.45, 2.75) is 25.7 Å². The van der Waals surface area contributed by atoms with Gasteiger partial charge < -0.3 is 4.52 Å². The fourth-order valence-corrected chi connectivity index (χ4v) is 2.99. The number of aryl methyl sites for hydroxylation is 1. The molecular formula is C18H16N2O2. The maximum atomic E-state index is 12.4. The first-order valence-corrected chi connectivity index (χ1v) is 7.59. The molecular weight excluding hydrogens is 276 g/mol. The molecule has 0 saturated carbocycles. The average molecular weight is 292 g/mol. The van der Waals surface area contributed by atoms with Crippen LogP contribution in [-0.2, 0) is 12.8 Å². The molecule has 0 bridgehead atoms. The van der Waals surface area contributed by atoms with Gasteiger partial charge in [0.25, 0.3) is 5.91 Å². The number of aromatic nitrogens is 1. The molecule has 0 radical (unpaired) electrons. The van der Waals surface area contributed by atoms with E-state index in [9.17, 15) is 4.79 Å². The van der Waals surface area contributed by atoms with Gasteiger partial charge in [-0.3, -0.25) is 10.1 Å². The number of carbonyl (C=O) groups is 1. The molecule has 1 N–H and O–H groups in total. The first-order valence-electron chi connectivity index (χ1n) is 7.59. The molecule has 0 atom stereocenters. The van der Waals surface area contributed by atoms with E-state index in [2.05, 4.69) is 10.5 Å². The molecule has 1 aromatic heterocycles. The number of amides is 1. The summed E-state index contributed by atoms with van der Waals surface area (Å²) in [6, 6.07) is 13.7. The van der Waals surface area contributed by atoms with E-state index in [0.717, 1.165) is 47.7 Å². The summed E-state index contributed by atoms with van der Waals surface area (Å²) < 4.78 is 5.32. The van der Waals surface area contributed by atoms with E-state index >= 15 is 0 Å². The molecule has 1 aliphatic carbocycles. The highest BCUT2D eigenvalue weighted by atomic mass is 16.5. The molecule has 0 fully saturated rings. The van der Waals surface area contributed by atoms with Crippen LogP contribution in [0.2, 0.25) is 0 Å². The lowest BCUT2D eigenvalue weighted by atomic mass is 9.97. The maximum Gasteiger partial charge on any atom is 0.258 e. The third-order valence-corrected chi connectivity index (χ3v) is 4.20. The van der Waals surface area contributed by atoms with Gasteiger partial charge in [0.2, 0.25) is 5.88 Å². The van der Waals surface area contributed by atoms with Crippen molar-refractivity contribution in [3.05, 3.63) is 59.3 Å². The largest absolute Gasteiger partial charge is 0.338 e. The molecule has 2 aromatic carbocycles. The quantitative estimate of drug-likeness (QED) is 0.778. The van der Waals surface area contributed by atoms with Gasteiger partial charge in [-0.05, 0) is 48.6 Å². The zero-order valence-electron chi connectivity index (χ0n) is 12.1. The number of nitrogens with one attached hydrogen (secondary N) is 1. The summed E-state index contributed by atoms with van der Waals surface area (Å²) in [6.07, 6.45) is 4.11. The summed E-state index contributed by atoms with van der Waals surface area (Å²) >= 11 is 0. The molecule has 0 aliphatic heterocycles. The predicted molar refractivity (Wildman–Crippen MR) is 85.0 cm³/mol. The van der Waals surface area contributed by atoms with E-state index in [-0.39, 0.29) is 5.91 Å². The molecule has 4 heteroatoms. The van der Waals surface area contributed by atoms with Crippen molar-refractivity contribution < 1.29 is 9.32 Å². The third kappa shape index (κ3) is 2.26. The second kappa shape index (κ2) is 5.30. The van der Waals surface area contributed by atoms with Gasteiger partial charge >= 0.3 is 0 Å². The van der Waals surface area contributed by atoms with Crippen LogP contribution in [0.25, 0.3) is 10.8 Å². The number of carbonyl (C=O) groups excluding carboxylic acids is 1. The second-order valence-corrected chi connectivity index (χ2v) is 5.66. The lowest BCUT2D eigenvalue weighted by Crippen LogP contribution is -2.13. The van der Waals surface area contributed by atoms with Crippen LogP contribution in [0.15, 0.2) is 47.0 Å². The summed E-state index contributed by atoms with van der Waals surface area (Å²) in [5, 5.41) is 9.10. The van der Waals surface area contributed by atoms with Crippen LogP contribution in [0, 0.1) is 0 Å². The lowest BCUT2D eigenvalue weighted by Gasteiger charge is -2.09. The molecule has 1 amide bonds. The highest BCUT2D eigenvalue weighted by Crippen LogP contribution is 2.28. The van der Waals surface area contributed by atoms with Gasteiger partial charge in [-0.15, -0.1) is 0 Å². The van der Waals surface area contributed by atoms with Crippen molar-refractivity contribution in [2.75, 3.05) is 5.32 Å².